The van der Waals surface area contributed by atoms with E-state index in [0.29, 0.717) is 23.7 Å². The van der Waals surface area contributed by atoms with Crippen LogP contribution in [-0.2, 0) is 0 Å². The zero-order chi connectivity index (χ0) is 16.5. The van der Waals surface area contributed by atoms with Gasteiger partial charge in [0.1, 0.15) is 0 Å². The minimum atomic E-state index is -0.498. The Morgan fingerprint density at radius 3 is 2.45 bits per heavy atom. The quantitative estimate of drug-likeness (QED) is 0.481. The predicted molar refractivity (Wildman–Crippen MR) is 90.3 cm³/mol. The minimum Gasteiger partial charge on any atom is -0.490 e. The van der Waals surface area contributed by atoms with Crippen LogP contribution in [-0.4, -0.2) is 42.5 Å². The van der Waals surface area contributed by atoms with Gasteiger partial charge in [0.2, 0.25) is 0 Å². The van der Waals surface area contributed by atoms with E-state index in [-0.39, 0.29) is 6.10 Å². The molecule has 0 spiro atoms. The van der Waals surface area contributed by atoms with Gasteiger partial charge in [0.05, 0.1) is 12.7 Å². The zero-order valence-corrected chi connectivity index (χ0v) is 14.7. The van der Waals surface area contributed by atoms with E-state index in [1.165, 1.54) is 0 Å². The molecule has 1 aromatic carbocycles. The summed E-state index contributed by atoms with van der Waals surface area (Å²) < 4.78 is 11.5. The van der Waals surface area contributed by atoms with Gasteiger partial charge in [-0.2, -0.15) is 0 Å². The van der Waals surface area contributed by atoms with Gasteiger partial charge in [-0.1, -0.05) is 13.8 Å². The van der Waals surface area contributed by atoms with Gasteiger partial charge < -0.3 is 14.4 Å². The fourth-order valence-electron chi connectivity index (χ4n) is 2.11. The monoisotopic (exact) mass is 327 g/mol. The first kappa shape index (κ1) is 18.8. The Morgan fingerprint density at radius 1 is 1.23 bits per heavy atom. The minimum absolute atomic E-state index is 0.00120. The standard InChI is InChI=1S/C17H26ClNO3/c1-5-19(6-2)10-7-11-21-15-9-8-14(17(18)20)12-16(15)22-13(3)4/h8-9,12-13H,5-7,10-11H2,1-4H3. The lowest BCUT2D eigenvalue weighted by molar-refractivity contribution is 0.108. The number of carbonyl (C=O) groups excluding carboxylic acids is 1. The van der Waals surface area contributed by atoms with E-state index in [0.717, 1.165) is 26.1 Å². The SMILES string of the molecule is CCN(CC)CCCOc1ccc(C(=O)Cl)cc1OC(C)C. The Morgan fingerprint density at radius 2 is 1.91 bits per heavy atom. The molecule has 0 N–H and O–H groups in total. The summed E-state index contributed by atoms with van der Waals surface area (Å²) in [5.74, 6) is 1.21. The third-order valence-electron chi connectivity index (χ3n) is 3.30. The first-order chi connectivity index (χ1) is 10.5. The smallest absolute Gasteiger partial charge is 0.252 e. The van der Waals surface area contributed by atoms with Crippen molar-refractivity contribution in [1.82, 2.24) is 4.90 Å². The molecule has 0 radical (unpaired) electrons. The van der Waals surface area contributed by atoms with Crippen molar-refractivity contribution in [3.05, 3.63) is 23.8 Å². The van der Waals surface area contributed by atoms with Crippen molar-refractivity contribution in [3.63, 3.8) is 0 Å². The van der Waals surface area contributed by atoms with Crippen LogP contribution in [0.25, 0.3) is 0 Å². The van der Waals surface area contributed by atoms with E-state index in [9.17, 15) is 4.79 Å². The van der Waals surface area contributed by atoms with Crippen molar-refractivity contribution in [2.24, 2.45) is 0 Å². The molecule has 0 atom stereocenters. The number of rotatable bonds is 10. The maximum Gasteiger partial charge on any atom is 0.252 e. The van der Waals surface area contributed by atoms with E-state index in [2.05, 4.69) is 18.7 Å². The normalized spacial score (nSPS) is 11.0. The summed E-state index contributed by atoms with van der Waals surface area (Å²) in [7, 11) is 0. The highest BCUT2D eigenvalue weighted by molar-refractivity contribution is 6.67. The Balaban J connectivity index is 2.66. The Bertz CT molecular complexity index is 473. The third-order valence-corrected chi connectivity index (χ3v) is 3.52. The van der Waals surface area contributed by atoms with Gasteiger partial charge >= 0.3 is 0 Å². The molecule has 0 aliphatic rings. The third kappa shape index (κ3) is 6.24. The molecule has 0 saturated heterocycles. The van der Waals surface area contributed by atoms with Crippen LogP contribution in [0.2, 0.25) is 0 Å². The number of hydrogen-bond donors (Lipinski definition) is 0. The molecule has 1 rings (SSSR count). The van der Waals surface area contributed by atoms with Crippen molar-refractivity contribution in [2.45, 2.75) is 40.2 Å². The number of ether oxygens (including phenoxy) is 2. The fourth-order valence-corrected chi connectivity index (χ4v) is 2.22. The van der Waals surface area contributed by atoms with Crippen molar-refractivity contribution >= 4 is 16.8 Å². The zero-order valence-electron chi connectivity index (χ0n) is 13.9. The summed E-state index contributed by atoms with van der Waals surface area (Å²) in [6.45, 7) is 11.9. The average molecular weight is 328 g/mol. The molecule has 0 aromatic heterocycles. The van der Waals surface area contributed by atoms with Crippen LogP contribution in [0.5, 0.6) is 11.5 Å². The molecule has 0 unspecified atom stereocenters. The second-order valence-electron chi connectivity index (χ2n) is 5.33. The van der Waals surface area contributed by atoms with Crippen molar-refractivity contribution < 1.29 is 14.3 Å². The first-order valence-corrected chi connectivity index (χ1v) is 8.21. The van der Waals surface area contributed by atoms with Crippen LogP contribution >= 0.6 is 11.6 Å². The van der Waals surface area contributed by atoms with Gasteiger partial charge in [0, 0.05) is 12.1 Å². The maximum absolute atomic E-state index is 11.3. The highest BCUT2D eigenvalue weighted by Crippen LogP contribution is 2.30. The van der Waals surface area contributed by atoms with Gasteiger partial charge in [-0.3, -0.25) is 4.79 Å². The van der Waals surface area contributed by atoms with Crippen LogP contribution in [0.1, 0.15) is 44.5 Å². The molecule has 0 fully saturated rings. The Labute approximate surface area is 138 Å². The molecule has 0 saturated carbocycles. The number of carbonyl (C=O) groups is 1. The van der Waals surface area contributed by atoms with E-state index in [4.69, 9.17) is 21.1 Å². The van der Waals surface area contributed by atoms with Gasteiger partial charge in [-0.25, -0.2) is 0 Å². The number of hydrogen-bond acceptors (Lipinski definition) is 4. The molecular weight excluding hydrogens is 302 g/mol. The summed E-state index contributed by atoms with van der Waals surface area (Å²) in [6, 6.07) is 5.03. The second kappa shape index (κ2) is 9.70. The molecule has 0 heterocycles. The van der Waals surface area contributed by atoms with Gasteiger partial charge in [0.15, 0.2) is 11.5 Å². The Hall–Kier alpha value is -1.26. The molecule has 0 aliphatic carbocycles. The summed E-state index contributed by atoms with van der Waals surface area (Å²) in [4.78, 5) is 13.6. The van der Waals surface area contributed by atoms with Crippen LogP contribution in [0, 0.1) is 0 Å². The van der Waals surface area contributed by atoms with E-state index in [1.54, 1.807) is 18.2 Å². The molecular formula is C17H26ClNO3. The summed E-state index contributed by atoms with van der Waals surface area (Å²) >= 11 is 5.52. The van der Waals surface area contributed by atoms with Crippen LogP contribution < -0.4 is 9.47 Å². The number of halogens is 1. The van der Waals surface area contributed by atoms with E-state index < -0.39 is 5.24 Å². The number of nitrogens with zero attached hydrogens (tertiary/aromatic N) is 1. The first-order valence-electron chi connectivity index (χ1n) is 7.83. The highest BCUT2D eigenvalue weighted by atomic mass is 35.5. The molecule has 124 valence electrons. The van der Waals surface area contributed by atoms with Crippen LogP contribution in [0.3, 0.4) is 0 Å². The largest absolute Gasteiger partial charge is 0.490 e. The molecule has 4 nitrogen and oxygen atoms in total. The van der Waals surface area contributed by atoms with Crippen molar-refractivity contribution in [2.75, 3.05) is 26.2 Å². The number of benzene rings is 1. The molecule has 22 heavy (non-hydrogen) atoms. The van der Waals surface area contributed by atoms with Crippen molar-refractivity contribution in [1.29, 1.82) is 0 Å². The summed E-state index contributed by atoms with van der Waals surface area (Å²) in [5, 5.41) is -0.498. The van der Waals surface area contributed by atoms with Gasteiger partial charge in [0.25, 0.3) is 5.24 Å². The lowest BCUT2D eigenvalue weighted by Gasteiger charge is -2.19. The summed E-state index contributed by atoms with van der Waals surface area (Å²) in [5.41, 5.74) is 0.410. The predicted octanol–water partition coefficient (Wildman–Crippen LogP) is 3.96. The highest BCUT2D eigenvalue weighted by Gasteiger charge is 2.11. The Kier molecular flexibility index (Phi) is 8.28. The fraction of sp³-hybridized carbons (Fsp3) is 0.588. The van der Waals surface area contributed by atoms with Gasteiger partial charge in [-0.05, 0) is 63.2 Å². The van der Waals surface area contributed by atoms with Crippen molar-refractivity contribution in [3.8, 4) is 11.5 Å². The van der Waals surface area contributed by atoms with Crippen LogP contribution in [0.4, 0.5) is 0 Å². The average Bonchev–Trinajstić information content (AvgIpc) is 2.47. The lowest BCUT2D eigenvalue weighted by atomic mass is 10.2. The van der Waals surface area contributed by atoms with Crippen LogP contribution in [0.15, 0.2) is 18.2 Å². The topological polar surface area (TPSA) is 38.8 Å². The maximum atomic E-state index is 11.3. The molecule has 0 bridgehead atoms. The van der Waals surface area contributed by atoms with E-state index >= 15 is 0 Å². The molecule has 5 heteroatoms. The van der Waals surface area contributed by atoms with E-state index in [1.807, 2.05) is 13.8 Å². The van der Waals surface area contributed by atoms with Gasteiger partial charge in [-0.15, -0.1) is 0 Å². The molecule has 0 amide bonds. The molecule has 1 aromatic rings. The lowest BCUT2D eigenvalue weighted by Crippen LogP contribution is -2.25. The second-order valence-corrected chi connectivity index (χ2v) is 5.67. The summed E-state index contributed by atoms with van der Waals surface area (Å²) in [6.07, 6.45) is 0.942. The molecule has 0 aliphatic heterocycles.